The number of benzene rings is 3. The number of hydrogen-bond donors (Lipinski definition) is 4. The molecular weight excluding hydrogens is 726 g/mol. The average molecular weight is 782 g/mol. The van der Waals surface area contributed by atoms with Crippen molar-refractivity contribution in [2.75, 3.05) is 56.9 Å². The lowest BCUT2D eigenvalue weighted by atomic mass is 10.1. The third-order valence-corrected chi connectivity index (χ3v) is 9.01. The highest BCUT2D eigenvalue weighted by atomic mass is 35.5. The Balaban J connectivity index is 0.000000553. The second-order valence-electron chi connectivity index (χ2n) is 12.4. The van der Waals surface area contributed by atoms with Gasteiger partial charge in [0.25, 0.3) is 0 Å². The second-order valence-corrected chi connectivity index (χ2v) is 12.7. The van der Waals surface area contributed by atoms with E-state index in [1.807, 2.05) is 38.1 Å². The zero-order valence-electron chi connectivity index (χ0n) is 33.0. The van der Waals surface area contributed by atoms with Crippen LogP contribution in [0, 0.1) is 0 Å². The van der Waals surface area contributed by atoms with Crippen molar-refractivity contribution in [2.45, 2.75) is 77.4 Å². The first-order valence-electron chi connectivity index (χ1n) is 18.4. The zero-order valence-corrected chi connectivity index (χ0v) is 33.7. The van der Waals surface area contributed by atoms with E-state index in [9.17, 15) is 24.0 Å². The van der Waals surface area contributed by atoms with Crippen LogP contribution >= 0.6 is 11.6 Å². The molecule has 0 spiro atoms. The van der Waals surface area contributed by atoms with E-state index >= 15 is 0 Å². The van der Waals surface area contributed by atoms with Crippen LogP contribution in [0.3, 0.4) is 0 Å². The Kier molecular flexibility index (Phi) is 20.9. The van der Waals surface area contributed by atoms with Gasteiger partial charge >= 0.3 is 5.97 Å². The number of ether oxygens (including phenoxy) is 3. The third-order valence-electron chi connectivity index (χ3n) is 8.71. The Bertz CT molecular complexity index is 1710. The van der Waals surface area contributed by atoms with Crippen molar-refractivity contribution in [2.24, 2.45) is 0 Å². The first-order chi connectivity index (χ1) is 26.6. The molecule has 0 aliphatic carbocycles. The minimum absolute atomic E-state index is 0.0514. The van der Waals surface area contributed by atoms with Crippen LogP contribution in [0.25, 0.3) is 0 Å². The van der Waals surface area contributed by atoms with Gasteiger partial charge in [0.15, 0.2) is 17.8 Å². The molecule has 3 aromatic carbocycles. The number of para-hydroxylation sites is 1. The molecule has 300 valence electrons. The number of unbranched alkanes of at least 4 members (excludes halogenated alkanes) is 1. The fraction of sp³-hybridized carbons (Fsp3) is 0.439. The van der Waals surface area contributed by atoms with Crippen LogP contribution in [0.15, 0.2) is 54.6 Å². The van der Waals surface area contributed by atoms with Gasteiger partial charge in [0, 0.05) is 61.0 Å². The van der Waals surface area contributed by atoms with E-state index in [4.69, 9.17) is 21.1 Å². The fourth-order valence-electron chi connectivity index (χ4n) is 5.59. The van der Waals surface area contributed by atoms with Gasteiger partial charge in [-0.1, -0.05) is 38.1 Å². The van der Waals surface area contributed by atoms with E-state index < -0.39 is 0 Å². The van der Waals surface area contributed by atoms with Crippen molar-refractivity contribution in [3.05, 3.63) is 76.9 Å². The van der Waals surface area contributed by atoms with E-state index in [0.717, 1.165) is 23.8 Å². The SMILES string of the molecule is CC.CNC(C)C(=O)Nc1cc(CCl)cc(COc2cc(NCC3Cc4ccccc4N3C)c(C=O)cc2OC)c1.COC(=O)CCCCC(=O)NCC=O. The molecule has 2 atom stereocenters. The summed E-state index contributed by atoms with van der Waals surface area (Å²) in [6.45, 7) is 6.71. The Morgan fingerprint density at radius 3 is 2.33 bits per heavy atom. The molecule has 2 unspecified atom stereocenters. The Morgan fingerprint density at radius 1 is 0.982 bits per heavy atom. The van der Waals surface area contributed by atoms with Crippen molar-refractivity contribution in [3.63, 3.8) is 0 Å². The number of halogens is 1. The Labute approximate surface area is 329 Å². The Hall–Kier alpha value is -5.14. The highest BCUT2D eigenvalue weighted by molar-refractivity contribution is 6.17. The van der Waals surface area contributed by atoms with Gasteiger partial charge < -0.3 is 45.2 Å². The molecule has 13 nitrogen and oxygen atoms in total. The van der Waals surface area contributed by atoms with Crippen LogP contribution in [0.1, 0.15) is 73.5 Å². The molecule has 1 aliphatic heterocycles. The predicted octanol–water partition coefficient (Wildman–Crippen LogP) is 5.91. The van der Waals surface area contributed by atoms with Gasteiger partial charge in [-0.05, 0) is 74.2 Å². The highest BCUT2D eigenvalue weighted by Gasteiger charge is 2.26. The highest BCUT2D eigenvalue weighted by Crippen LogP contribution is 2.35. The van der Waals surface area contributed by atoms with E-state index in [-0.39, 0.29) is 43.0 Å². The quantitative estimate of drug-likeness (QED) is 0.0495. The number of fused-ring (bicyclic) bond motifs is 1. The standard InChI is InChI=1S/C30H35ClN4O4.C9H15NO4.C2H6/c1-19(32-2)30(37)34-24-10-20(15-31)9-21(11-24)18-39-29-14-26(23(17-36)13-28(29)38-4)33-16-25-12-22-7-5-6-8-27(22)35(25)3;1-14-9(13)5-3-2-4-8(12)10-6-7-11;1-2/h5-11,13-14,17,19,25,32-33H,12,15-16,18H2,1-4H3,(H,34,37);7H,2-6H2,1H3,(H,10,12);1-2H3. The van der Waals surface area contributed by atoms with Crippen LogP contribution in [0.5, 0.6) is 11.5 Å². The molecule has 0 saturated carbocycles. The summed E-state index contributed by atoms with van der Waals surface area (Å²) in [7, 11) is 6.70. The van der Waals surface area contributed by atoms with Crippen molar-refractivity contribution in [3.8, 4) is 11.5 Å². The molecule has 2 amide bonds. The van der Waals surface area contributed by atoms with E-state index in [1.54, 1.807) is 33.2 Å². The van der Waals surface area contributed by atoms with Crippen LogP contribution in [0.2, 0.25) is 0 Å². The van der Waals surface area contributed by atoms with Gasteiger partial charge in [0.1, 0.15) is 12.9 Å². The molecule has 0 radical (unpaired) electrons. The maximum Gasteiger partial charge on any atom is 0.305 e. The number of likely N-dealkylation sites (N-methyl/N-ethyl adjacent to an activating group) is 2. The largest absolute Gasteiger partial charge is 0.493 e. The molecule has 1 heterocycles. The minimum Gasteiger partial charge on any atom is -0.493 e. The third kappa shape index (κ3) is 14.9. The molecule has 14 heteroatoms. The van der Waals surface area contributed by atoms with Crippen molar-refractivity contribution < 1.29 is 38.2 Å². The zero-order chi connectivity index (χ0) is 40.8. The lowest BCUT2D eigenvalue weighted by Gasteiger charge is -2.24. The summed E-state index contributed by atoms with van der Waals surface area (Å²) in [4.78, 5) is 58.0. The lowest BCUT2D eigenvalue weighted by molar-refractivity contribution is -0.140. The number of rotatable bonds is 19. The molecule has 0 fully saturated rings. The number of hydrogen-bond acceptors (Lipinski definition) is 11. The van der Waals surface area contributed by atoms with Gasteiger partial charge in [-0.15, -0.1) is 11.6 Å². The summed E-state index contributed by atoms with van der Waals surface area (Å²) in [5.74, 6) is 0.676. The summed E-state index contributed by atoms with van der Waals surface area (Å²) < 4.78 is 16.1. The Morgan fingerprint density at radius 2 is 1.69 bits per heavy atom. The first kappa shape index (κ1) is 46.0. The molecule has 4 rings (SSSR count). The van der Waals surface area contributed by atoms with Gasteiger partial charge in [-0.2, -0.15) is 0 Å². The van der Waals surface area contributed by atoms with E-state index in [1.165, 1.54) is 18.4 Å². The van der Waals surface area contributed by atoms with Crippen LogP contribution in [-0.2, 0) is 42.8 Å². The maximum absolute atomic E-state index is 12.4. The summed E-state index contributed by atoms with van der Waals surface area (Å²) in [6, 6.07) is 17.4. The van der Waals surface area contributed by atoms with Crippen LogP contribution in [0.4, 0.5) is 17.1 Å². The number of esters is 1. The molecule has 0 bridgehead atoms. The molecule has 3 aromatic rings. The number of nitrogens with one attached hydrogen (secondary N) is 4. The minimum atomic E-state index is -0.339. The van der Waals surface area contributed by atoms with Gasteiger partial charge in [0.05, 0.1) is 32.8 Å². The number of nitrogens with zero attached hydrogens (tertiary/aromatic N) is 1. The van der Waals surface area contributed by atoms with Crippen molar-refractivity contribution >= 4 is 59.0 Å². The lowest BCUT2D eigenvalue weighted by Crippen LogP contribution is -2.35. The van der Waals surface area contributed by atoms with Crippen molar-refractivity contribution in [1.82, 2.24) is 10.6 Å². The average Bonchev–Trinajstić information content (AvgIpc) is 3.54. The van der Waals surface area contributed by atoms with Gasteiger partial charge in [0.2, 0.25) is 11.8 Å². The van der Waals surface area contributed by atoms with Crippen molar-refractivity contribution in [1.29, 1.82) is 0 Å². The molecule has 0 saturated heterocycles. The smallest absolute Gasteiger partial charge is 0.305 e. The molecule has 1 aliphatic rings. The van der Waals surface area contributed by atoms with Crippen LogP contribution in [-0.4, -0.2) is 83.8 Å². The summed E-state index contributed by atoms with van der Waals surface area (Å²) >= 11 is 6.11. The number of amides is 2. The number of anilines is 3. The topological polar surface area (TPSA) is 164 Å². The fourth-order valence-corrected chi connectivity index (χ4v) is 5.74. The number of carbonyl (C=O) groups is 5. The van der Waals surface area contributed by atoms with E-state index in [0.29, 0.717) is 72.8 Å². The monoisotopic (exact) mass is 781 g/mol. The number of carbonyl (C=O) groups excluding carboxylic acids is 5. The predicted molar refractivity (Wildman–Crippen MR) is 218 cm³/mol. The molecule has 0 aromatic heterocycles. The summed E-state index contributed by atoms with van der Waals surface area (Å²) in [6.07, 6.45) is 4.29. The number of methoxy groups -OCH3 is 2. The number of aldehydes is 2. The number of alkyl halides is 1. The first-order valence-corrected chi connectivity index (χ1v) is 18.9. The molecule has 55 heavy (non-hydrogen) atoms. The van der Waals surface area contributed by atoms with Gasteiger partial charge in [-0.3, -0.25) is 19.2 Å². The second kappa shape index (κ2) is 25.0. The molecular formula is C41H56ClN5O8. The molecule has 4 N–H and O–H groups in total. The van der Waals surface area contributed by atoms with Crippen LogP contribution < -0.4 is 35.6 Å². The van der Waals surface area contributed by atoms with Gasteiger partial charge in [-0.25, -0.2) is 0 Å². The summed E-state index contributed by atoms with van der Waals surface area (Å²) in [5.41, 5.74) is 6.05. The summed E-state index contributed by atoms with van der Waals surface area (Å²) in [5, 5.41) is 11.7. The van der Waals surface area contributed by atoms with E-state index in [2.05, 4.69) is 56.2 Å². The maximum atomic E-state index is 12.4. The normalized spacial score (nSPS) is 13.0.